The molecule has 26 heavy (non-hydrogen) atoms. The van der Waals surface area contributed by atoms with Crippen LogP contribution in [0.5, 0.6) is 5.75 Å². The van der Waals surface area contributed by atoms with E-state index in [1.807, 2.05) is 17.5 Å². The predicted octanol–water partition coefficient (Wildman–Crippen LogP) is 3.28. The highest BCUT2D eigenvalue weighted by molar-refractivity contribution is 9.10. The van der Waals surface area contributed by atoms with Crippen LogP contribution in [0, 0.1) is 0 Å². The van der Waals surface area contributed by atoms with Gasteiger partial charge in [0.25, 0.3) is 5.91 Å². The van der Waals surface area contributed by atoms with E-state index in [1.165, 1.54) is 17.4 Å². The number of amides is 2. The topological polar surface area (TPSA) is 79.5 Å². The first kappa shape index (κ1) is 20.4. The van der Waals surface area contributed by atoms with Gasteiger partial charge >= 0.3 is 0 Å². The summed E-state index contributed by atoms with van der Waals surface area (Å²) in [7, 11) is 0. The number of thiophene rings is 1. The Kier molecular flexibility index (Phi) is 8.05. The van der Waals surface area contributed by atoms with Crippen molar-refractivity contribution in [3.05, 3.63) is 56.2 Å². The highest BCUT2D eigenvalue weighted by Crippen LogP contribution is 2.27. The number of hydrazine groups is 1. The fourth-order valence-electron chi connectivity index (χ4n) is 1.63. The van der Waals surface area contributed by atoms with E-state index in [1.54, 1.807) is 24.3 Å². The molecule has 1 heterocycles. The summed E-state index contributed by atoms with van der Waals surface area (Å²) in [6, 6.07) is 8.70. The first-order valence-electron chi connectivity index (χ1n) is 7.13. The molecule has 0 aliphatic carbocycles. The van der Waals surface area contributed by atoms with Crippen molar-refractivity contribution in [2.45, 2.75) is 0 Å². The number of benzene rings is 1. The third-order valence-corrected chi connectivity index (χ3v) is 4.64. The molecule has 0 radical (unpaired) electrons. The van der Waals surface area contributed by atoms with Crippen molar-refractivity contribution in [1.82, 2.24) is 16.2 Å². The number of carbonyl (C=O) groups excluding carboxylic acids is 2. The van der Waals surface area contributed by atoms with Crippen LogP contribution in [0.2, 0.25) is 5.02 Å². The zero-order valence-corrected chi connectivity index (χ0v) is 17.1. The van der Waals surface area contributed by atoms with E-state index in [-0.39, 0.29) is 11.7 Å². The molecule has 3 N–H and O–H groups in total. The second-order valence-corrected chi connectivity index (χ2v) is 7.38. The monoisotopic (exact) mass is 473 g/mol. The van der Waals surface area contributed by atoms with Crippen LogP contribution in [0.15, 0.2) is 46.3 Å². The molecule has 0 aliphatic rings. The van der Waals surface area contributed by atoms with Gasteiger partial charge in [0.05, 0.1) is 4.47 Å². The van der Waals surface area contributed by atoms with Crippen molar-refractivity contribution in [2.75, 3.05) is 6.61 Å². The van der Waals surface area contributed by atoms with Gasteiger partial charge in [0, 0.05) is 16.0 Å². The summed E-state index contributed by atoms with van der Waals surface area (Å²) in [4.78, 5) is 24.4. The first-order valence-corrected chi connectivity index (χ1v) is 9.59. The molecule has 0 bridgehead atoms. The maximum atomic E-state index is 11.7. The number of halogens is 2. The van der Waals surface area contributed by atoms with Gasteiger partial charge in [0.15, 0.2) is 11.7 Å². The molecule has 6 nitrogen and oxygen atoms in total. The number of nitrogens with one attached hydrogen (secondary N) is 3. The standard InChI is InChI=1S/C16H13BrClN3O3S2/c17-12-8-10(18)3-5-13(12)24-9-15(23)20-21-16(25)19-14(22)6-4-11-2-1-7-26-11/h1-8H,9H2,(H,20,23)(H2,19,21,22,25). The van der Waals surface area contributed by atoms with E-state index in [2.05, 4.69) is 32.1 Å². The van der Waals surface area contributed by atoms with Gasteiger partial charge in [0.2, 0.25) is 5.91 Å². The summed E-state index contributed by atoms with van der Waals surface area (Å²) in [5.74, 6) is -0.414. The number of rotatable bonds is 5. The molecular formula is C16H13BrClN3O3S2. The van der Waals surface area contributed by atoms with Crippen LogP contribution in [0.4, 0.5) is 0 Å². The van der Waals surface area contributed by atoms with Gasteiger partial charge in [-0.2, -0.15) is 0 Å². The van der Waals surface area contributed by atoms with Gasteiger partial charge < -0.3 is 4.74 Å². The third-order valence-electron chi connectivity index (χ3n) is 2.75. The number of ether oxygens (including phenoxy) is 1. The highest BCUT2D eigenvalue weighted by atomic mass is 79.9. The van der Waals surface area contributed by atoms with Crippen molar-refractivity contribution < 1.29 is 14.3 Å². The second-order valence-electron chi connectivity index (χ2n) is 4.70. The molecule has 2 rings (SSSR count). The fraction of sp³-hybridized carbons (Fsp3) is 0.0625. The van der Waals surface area contributed by atoms with Crippen LogP contribution in [-0.2, 0) is 9.59 Å². The van der Waals surface area contributed by atoms with Crippen LogP contribution in [0.25, 0.3) is 6.08 Å². The smallest absolute Gasteiger partial charge is 0.276 e. The number of hydrogen-bond donors (Lipinski definition) is 3. The van der Waals surface area contributed by atoms with Gasteiger partial charge in [0.1, 0.15) is 5.75 Å². The molecule has 0 aliphatic heterocycles. The molecule has 0 fully saturated rings. The number of hydrogen-bond acceptors (Lipinski definition) is 5. The Hall–Kier alpha value is -1.94. The van der Waals surface area contributed by atoms with E-state index in [4.69, 9.17) is 28.6 Å². The molecule has 1 aromatic carbocycles. The van der Waals surface area contributed by atoms with E-state index >= 15 is 0 Å². The quantitative estimate of drug-likeness (QED) is 0.352. The maximum Gasteiger partial charge on any atom is 0.276 e. The molecule has 0 spiro atoms. The number of carbonyl (C=O) groups is 2. The summed E-state index contributed by atoms with van der Waals surface area (Å²) in [5.41, 5.74) is 4.75. The number of thiocarbonyl (C=S) groups is 1. The second kappa shape index (κ2) is 10.3. The molecule has 1 aromatic heterocycles. The van der Waals surface area contributed by atoms with Crippen molar-refractivity contribution >= 4 is 74.1 Å². The maximum absolute atomic E-state index is 11.7. The zero-order valence-electron chi connectivity index (χ0n) is 13.1. The summed E-state index contributed by atoms with van der Waals surface area (Å²) in [6.07, 6.45) is 3.02. The Labute approximate surface area is 172 Å². The molecule has 0 saturated carbocycles. The molecule has 136 valence electrons. The molecule has 10 heteroatoms. The normalized spacial score (nSPS) is 10.4. The zero-order chi connectivity index (χ0) is 18.9. The molecule has 0 unspecified atom stereocenters. The highest BCUT2D eigenvalue weighted by Gasteiger charge is 2.07. The van der Waals surface area contributed by atoms with E-state index in [0.717, 1.165) is 4.88 Å². The molecule has 0 atom stereocenters. The predicted molar refractivity (Wildman–Crippen MR) is 110 cm³/mol. The summed E-state index contributed by atoms with van der Waals surface area (Å²) in [5, 5.41) is 4.83. The van der Waals surface area contributed by atoms with Gasteiger partial charge in [-0.1, -0.05) is 17.7 Å². The van der Waals surface area contributed by atoms with Crippen molar-refractivity contribution in [2.24, 2.45) is 0 Å². The summed E-state index contributed by atoms with van der Waals surface area (Å²) in [6.45, 7) is -0.248. The summed E-state index contributed by atoms with van der Waals surface area (Å²) < 4.78 is 5.98. The van der Waals surface area contributed by atoms with Crippen molar-refractivity contribution in [3.8, 4) is 5.75 Å². The van der Waals surface area contributed by atoms with E-state index < -0.39 is 11.8 Å². The SMILES string of the molecule is O=C(C=Cc1cccs1)NC(=S)NNC(=O)COc1ccc(Cl)cc1Br. The van der Waals surface area contributed by atoms with E-state index in [0.29, 0.717) is 15.2 Å². The lowest BCUT2D eigenvalue weighted by Gasteiger charge is -2.11. The Morgan fingerprint density at radius 1 is 1.31 bits per heavy atom. The first-order chi connectivity index (χ1) is 12.4. The minimum atomic E-state index is -0.474. The van der Waals surface area contributed by atoms with E-state index in [9.17, 15) is 9.59 Å². The Bertz CT molecular complexity index is 828. The Morgan fingerprint density at radius 3 is 2.81 bits per heavy atom. The lowest BCUT2D eigenvalue weighted by molar-refractivity contribution is -0.123. The van der Waals surface area contributed by atoms with Crippen LogP contribution in [0.1, 0.15) is 4.88 Å². The average Bonchev–Trinajstić information content (AvgIpc) is 3.11. The minimum absolute atomic E-state index is 0.0353. The molecule has 0 saturated heterocycles. The van der Waals surface area contributed by atoms with Crippen LogP contribution >= 0.6 is 51.1 Å². The largest absolute Gasteiger partial charge is 0.483 e. The fourth-order valence-corrected chi connectivity index (χ4v) is 3.19. The lowest BCUT2D eigenvalue weighted by Crippen LogP contribution is -2.49. The van der Waals surface area contributed by atoms with Gasteiger partial charge in [-0.3, -0.25) is 25.8 Å². The molecule has 2 amide bonds. The van der Waals surface area contributed by atoms with Crippen molar-refractivity contribution in [3.63, 3.8) is 0 Å². The van der Waals surface area contributed by atoms with Gasteiger partial charge in [-0.15, -0.1) is 11.3 Å². The molecular weight excluding hydrogens is 462 g/mol. The minimum Gasteiger partial charge on any atom is -0.483 e. The van der Waals surface area contributed by atoms with Crippen LogP contribution in [-0.4, -0.2) is 23.5 Å². The van der Waals surface area contributed by atoms with Crippen LogP contribution < -0.4 is 20.9 Å². The van der Waals surface area contributed by atoms with Crippen molar-refractivity contribution in [1.29, 1.82) is 0 Å². The third kappa shape index (κ3) is 7.12. The Balaban J connectivity index is 1.69. The lowest BCUT2D eigenvalue weighted by atomic mass is 10.3. The average molecular weight is 475 g/mol. The Morgan fingerprint density at radius 2 is 2.12 bits per heavy atom. The summed E-state index contributed by atoms with van der Waals surface area (Å²) >= 11 is 15.5. The van der Waals surface area contributed by atoms with Crippen LogP contribution in [0.3, 0.4) is 0 Å². The molecule has 2 aromatic rings. The van der Waals surface area contributed by atoms with Gasteiger partial charge in [-0.05, 0) is 63.9 Å². The van der Waals surface area contributed by atoms with Gasteiger partial charge in [-0.25, -0.2) is 0 Å².